The van der Waals surface area contributed by atoms with Crippen LogP contribution in [0.15, 0.2) is 24.3 Å². The Balaban J connectivity index is 1.99. The predicted molar refractivity (Wildman–Crippen MR) is 63.7 cm³/mol. The summed E-state index contributed by atoms with van der Waals surface area (Å²) >= 11 is 0. The van der Waals surface area contributed by atoms with Gasteiger partial charge in [-0.05, 0) is 36.5 Å². The van der Waals surface area contributed by atoms with Gasteiger partial charge in [0.25, 0.3) is 0 Å². The summed E-state index contributed by atoms with van der Waals surface area (Å²) in [6.07, 6.45) is -0.445. The van der Waals surface area contributed by atoms with Crippen LogP contribution in [0.25, 0.3) is 0 Å². The molecule has 2 rings (SSSR count). The zero-order chi connectivity index (χ0) is 13.1. The van der Waals surface area contributed by atoms with Crippen LogP contribution in [0.5, 0.6) is 0 Å². The molecule has 18 heavy (non-hydrogen) atoms. The van der Waals surface area contributed by atoms with Crippen molar-refractivity contribution >= 4 is 6.09 Å². The molecule has 0 aromatic heterocycles. The molecule has 98 valence electrons. The first-order valence-electron chi connectivity index (χ1n) is 5.99. The number of hydrogen-bond acceptors (Lipinski definition) is 2. The van der Waals surface area contributed by atoms with E-state index in [2.05, 4.69) is 0 Å². The molecule has 0 spiro atoms. The summed E-state index contributed by atoms with van der Waals surface area (Å²) in [7, 11) is 0. The van der Waals surface area contributed by atoms with Crippen molar-refractivity contribution < 1.29 is 19.4 Å². The van der Waals surface area contributed by atoms with Gasteiger partial charge in [-0.25, -0.2) is 9.18 Å². The molecule has 1 unspecified atom stereocenters. The molecule has 1 aliphatic heterocycles. The van der Waals surface area contributed by atoms with Crippen LogP contribution in [0.2, 0.25) is 0 Å². The van der Waals surface area contributed by atoms with E-state index in [9.17, 15) is 14.3 Å². The van der Waals surface area contributed by atoms with E-state index < -0.39 is 12.2 Å². The van der Waals surface area contributed by atoms with Gasteiger partial charge in [0.1, 0.15) is 5.82 Å². The van der Waals surface area contributed by atoms with Crippen molar-refractivity contribution in [2.45, 2.75) is 18.9 Å². The van der Waals surface area contributed by atoms with Crippen molar-refractivity contribution in [3.05, 3.63) is 35.6 Å². The summed E-state index contributed by atoms with van der Waals surface area (Å²) in [5, 5.41) is 19.0. The maximum Gasteiger partial charge on any atom is 0.407 e. The van der Waals surface area contributed by atoms with Crippen LogP contribution in [-0.2, 0) is 0 Å². The fourth-order valence-corrected chi connectivity index (χ4v) is 2.37. The highest BCUT2D eigenvalue weighted by Crippen LogP contribution is 2.30. The Morgan fingerprint density at radius 3 is 2.61 bits per heavy atom. The van der Waals surface area contributed by atoms with Gasteiger partial charge in [0.2, 0.25) is 0 Å². The second-order valence-corrected chi connectivity index (χ2v) is 4.61. The number of aliphatic hydroxyl groups excluding tert-OH is 1. The van der Waals surface area contributed by atoms with E-state index in [1.165, 1.54) is 17.0 Å². The molecular formula is C13H16FNO3. The summed E-state index contributed by atoms with van der Waals surface area (Å²) in [5.41, 5.74) is 0.559. The van der Waals surface area contributed by atoms with Gasteiger partial charge in [-0.1, -0.05) is 12.1 Å². The van der Waals surface area contributed by atoms with Crippen molar-refractivity contribution in [3.63, 3.8) is 0 Å². The van der Waals surface area contributed by atoms with E-state index in [1.807, 2.05) is 0 Å². The van der Waals surface area contributed by atoms with Gasteiger partial charge in [0.05, 0.1) is 6.10 Å². The van der Waals surface area contributed by atoms with Crippen LogP contribution in [0, 0.1) is 11.7 Å². The third kappa shape index (κ3) is 2.79. The molecule has 0 radical (unpaired) electrons. The molecule has 2 N–H and O–H groups in total. The molecule has 1 heterocycles. The number of rotatable bonds is 2. The number of aliphatic hydroxyl groups is 1. The topological polar surface area (TPSA) is 60.8 Å². The summed E-state index contributed by atoms with van der Waals surface area (Å²) < 4.78 is 13.1. The third-order valence-corrected chi connectivity index (χ3v) is 3.45. The minimum Gasteiger partial charge on any atom is -0.465 e. The predicted octanol–water partition coefficient (Wildman–Crippen LogP) is 2.25. The lowest BCUT2D eigenvalue weighted by atomic mass is 9.87. The summed E-state index contributed by atoms with van der Waals surface area (Å²) in [5.74, 6) is -0.378. The number of likely N-dealkylation sites (tertiary alicyclic amines) is 1. The first-order valence-corrected chi connectivity index (χ1v) is 5.99. The van der Waals surface area contributed by atoms with Gasteiger partial charge in [0, 0.05) is 13.1 Å². The van der Waals surface area contributed by atoms with Crippen LogP contribution in [0.1, 0.15) is 24.5 Å². The van der Waals surface area contributed by atoms with Crippen molar-refractivity contribution in [2.24, 2.45) is 5.92 Å². The summed E-state index contributed by atoms with van der Waals surface area (Å²) in [4.78, 5) is 12.1. The smallest absolute Gasteiger partial charge is 0.407 e. The van der Waals surface area contributed by atoms with Crippen LogP contribution in [-0.4, -0.2) is 34.3 Å². The molecular weight excluding hydrogens is 237 g/mol. The number of piperidine rings is 1. The fraction of sp³-hybridized carbons (Fsp3) is 0.462. The SMILES string of the molecule is O=C(O)N1CCC(C(O)c2cccc(F)c2)CC1. The molecule has 0 saturated carbocycles. The van der Waals surface area contributed by atoms with E-state index in [1.54, 1.807) is 12.1 Å². The Hall–Kier alpha value is -1.62. The zero-order valence-corrected chi connectivity index (χ0v) is 9.92. The zero-order valence-electron chi connectivity index (χ0n) is 9.92. The second-order valence-electron chi connectivity index (χ2n) is 4.61. The average Bonchev–Trinajstić information content (AvgIpc) is 2.38. The molecule has 0 bridgehead atoms. The van der Waals surface area contributed by atoms with Crippen LogP contribution < -0.4 is 0 Å². The Kier molecular flexibility index (Phi) is 3.81. The molecule has 1 aromatic carbocycles. The molecule has 1 aromatic rings. The maximum absolute atomic E-state index is 13.1. The van der Waals surface area contributed by atoms with Gasteiger partial charge in [-0.2, -0.15) is 0 Å². The number of benzene rings is 1. The van der Waals surface area contributed by atoms with E-state index in [0.29, 0.717) is 31.5 Å². The van der Waals surface area contributed by atoms with Gasteiger partial charge in [0.15, 0.2) is 0 Å². The van der Waals surface area contributed by atoms with E-state index in [4.69, 9.17) is 5.11 Å². The highest BCUT2D eigenvalue weighted by Gasteiger charge is 2.28. The Bertz CT molecular complexity index is 430. The van der Waals surface area contributed by atoms with Crippen molar-refractivity contribution in [1.82, 2.24) is 4.90 Å². The molecule has 0 aliphatic carbocycles. The van der Waals surface area contributed by atoms with Gasteiger partial charge in [-0.3, -0.25) is 0 Å². The van der Waals surface area contributed by atoms with Crippen LogP contribution >= 0.6 is 0 Å². The van der Waals surface area contributed by atoms with Crippen molar-refractivity contribution in [3.8, 4) is 0 Å². The standard InChI is InChI=1S/C13H16FNO3/c14-11-3-1-2-10(8-11)12(16)9-4-6-15(7-5-9)13(17)18/h1-3,8-9,12,16H,4-7H2,(H,17,18). The quantitative estimate of drug-likeness (QED) is 0.849. The van der Waals surface area contributed by atoms with Crippen molar-refractivity contribution in [2.75, 3.05) is 13.1 Å². The number of halogens is 1. The molecule has 1 aliphatic rings. The monoisotopic (exact) mass is 253 g/mol. The van der Waals surface area contributed by atoms with Crippen LogP contribution in [0.4, 0.5) is 9.18 Å². The lowest BCUT2D eigenvalue weighted by Gasteiger charge is -2.32. The summed E-state index contributed by atoms with van der Waals surface area (Å²) in [6.45, 7) is 0.846. The normalized spacial score (nSPS) is 18.7. The Morgan fingerprint density at radius 1 is 1.39 bits per heavy atom. The summed E-state index contributed by atoms with van der Waals surface area (Å²) in [6, 6.07) is 5.93. The Morgan fingerprint density at radius 2 is 2.06 bits per heavy atom. The lowest BCUT2D eigenvalue weighted by molar-refractivity contribution is 0.0573. The number of nitrogens with zero attached hydrogens (tertiary/aromatic N) is 1. The second kappa shape index (κ2) is 5.35. The molecule has 1 saturated heterocycles. The number of carboxylic acid groups (broad SMARTS) is 1. The minimum atomic E-state index is -0.923. The Labute approximate surface area is 105 Å². The largest absolute Gasteiger partial charge is 0.465 e. The number of carbonyl (C=O) groups is 1. The van der Waals surface area contributed by atoms with Gasteiger partial charge < -0.3 is 15.1 Å². The maximum atomic E-state index is 13.1. The number of amides is 1. The highest BCUT2D eigenvalue weighted by molar-refractivity contribution is 5.64. The first-order chi connectivity index (χ1) is 8.58. The molecule has 5 heteroatoms. The molecule has 4 nitrogen and oxygen atoms in total. The third-order valence-electron chi connectivity index (χ3n) is 3.45. The minimum absolute atomic E-state index is 0.0117. The lowest BCUT2D eigenvalue weighted by Crippen LogP contribution is -2.38. The highest BCUT2D eigenvalue weighted by atomic mass is 19.1. The van der Waals surface area contributed by atoms with E-state index >= 15 is 0 Å². The molecule has 1 amide bonds. The van der Waals surface area contributed by atoms with Gasteiger partial charge in [-0.15, -0.1) is 0 Å². The van der Waals surface area contributed by atoms with Crippen molar-refractivity contribution in [1.29, 1.82) is 0 Å². The fourth-order valence-electron chi connectivity index (χ4n) is 2.37. The first kappa shape index (κ1) is 12.8. The van der Waals surface area contributed by atoms with E-state index in [-0.39, 0.29) is 11.7 Å². The average molecular weight is 253 g/mol. The van der Waals surface area contributed by atoms with E-state index in [0.717, 1.165) is 0 Å². The number of hydrogen-bond donors (Lipinski definition) is 2. The van der Waals surface area contributed by atoms with Gasteiger partial charge >= 0.3 is 6.09 Å². The van der Waals surface area contributed by atoms with Crippen LogP contribution in [0.3, 0.4) is 0 Å². The molecule has 1 fully saturated rings. The molecule has 1 atom stereocenters.